The third kappa shape index (κ3) is 2.98. The number of aryl methyl sites for hydroxylation is 1. The first-order valence-corrected chi connectivity index (χ1v) is 5.39. The molecule has 0 aliphatic rings. The minimum atomic E-state index is 0.205. The quantitative estimate of drug-likeness (QED) is 0.576. The first-order chi connectivity index (χ1) is 7.88. The van der Waals surface area contributed by atoms with Crippen molar-refractivity contribution < 1.29 is 8.83 Å². The fraction of sp³-hybridized carbons (Fsp3) is 0.333. The molecule has 0 radical (unpaired) electrons. The lowest BCUT2D eigenvalue weighted by atomic mass is 10.1. The van der Waals surface area contributed by atoms with Gasteiger partial charge in [-0.1, -0.05) is 0 Å². The molecule has 0 fully saturated rings. The summed E-state index contributed by atoms with van der Waals surface area (Å²) in [5, 5.41) is 0. The molecule has 0 saturated carbocycles. The summed E-state index contributed by atoms with van der Waals surface area (Å²) in [6.45, 7) is 0. The summed E-state index contributed by atoms with van der Waals surface area (Å²) >= 11 is 0. The SMILES string of the molecule is NNC(CCc1ccco1)Cc1ccco1. The van der Waals surface area contributed by atoms with Crippen molar-refractivity contribution in [2.24, 2.45) is 5.84 Å². The maximum Gasteiger partial charge on any atom is 0.105 e. The summed E-state index contributed by atoms with van der Waals surface area (Å²) in [7, 11) is 0. The summed E-state index contributed by atoms with van der Waals surface area (Å²) in [6, 6.07) is 7.91. The predicted octanol–water partition coefficient (Wildman–Crippen LogP) is 1.88. The van der Waals surface area contributed by atoms with Gasteiger partial charge in [0.25, 0.3) is 0 Å². The van der Waals surface area contributed by atoms with Crippen LogP contribution in [0.15, 0.2) is 45.6 Å². The first-order valence-electron chi connectivity index (χ1n) is 5.39. The Balaban J connectivity index is 1.81. The molecule has 2 aromatic rings. The van der Waals surface area contributed by atoms with E-state index >= 15 is 0 Å². The van der Waals surface area contributed by atoms with Crippen molar-refractivity contribution in [1.82, 2.24) is 5.43 Å². The van der Waals surface area contributed by atoms with E-state index in [9.17, 15) is 0 Å². The second-order valence-corrected chi connectivity index (χ2v) is 3.77. The van der Waals surface area contributed by atoms with E-state index in [1.54, 1.807) is 12.5 Å². The third-order valence-electron chi connectivity index (χ3n) is 2.58. The van der Waals surface area contributed by atoms with E-state index in [1.165, 1.54) is 0 Å². The van der Waals surface area contributed by atoms with Gasteiger partial charge in [0.1, 0.15) is 11.5 Å². The van der Waals surface area contributed by atoms with Gasteiger partial charge in [-0.25, -0.2) is 0 Å². The summed E-state index contributed by atoms with van der Waals surface area (Å²) < 4.78 is 10.6. The highest BCUT2D eigenvalue weighted by molar-refractivity contribution is 5.02. The van der Waals surface area contributed by atoms with Gasteiger partial charge < -0.3 is 8.83 Å². The van der Waals surface area contributed by atoms with Crippen LogP contribution in [0.3, 0.4) is 0 Å². The molecule has 1 unspecified atom stereocenters. The Bertz CT molecular complexity index is 381. The number of rotatable bonds is 6. The van der Waals surface area contributed by atoms with Crippen molar-refractivity contribution in [3.05, 3.63) is 48.3 Å². The smallest absolute Gasteiger partial charge is 0.105 e. The maximum atomic E-state index is 5.51. The Labute approximate surface area is 94.4 Å². The van der Waals surface area contributed by atoms with E-state index in [2.05, 4.69) is 5.43 Å². The lowest BCUT2D eigenvalue weighted by Gasteiger charge is -2.13. The molecule has 0 bridgehead atoms. The molecule has 0 aliphatic heterocycles. The molecule has 0 amide bonds. The van der Waals surface area contributed by atoms with Gasteiger partial charge >= 0.3 is 0 Å². The van der Waals surface area contributed by atoms with E-state index in [-0.39, 0.29) is 6.04 Å². The molecule has 16 heavy (non-hydrogen) atoms. The topological polar surface area (TPSA) is 64.3 Å². The van der Waals surface area contributed by atoms with Crippen LogP contribution in [-0.4, -0.2) is 6.04 Å². The van der Waals surface area contributed by atoms with Crippen LogP contribution in [0, 0.1) is 0 Å². The fourth-order valence-corrected chi connectivity index (χ4v) is 1.69. The molecular formula is C12H16N2O2. The van der Waals surface area contributed by atoms with E-state index in [0.717, 1.165) is 30.8 Å². The third-order valence-corrected chi connectivity index (χ3v) is 2.58. The molecule has 0 aromatic carbocycles. The summed E-state index contributed by atoms with van der Waals surface area (Å²) in [6.07, 6.45) is 5.96. The highest BCUT2D eigenvalue weighted by Crippen LogP contribution is 2.10. The maximum absolute atomic E-state index is 5.51. The minimum Gasteiger partial charge on any atom is -0.469 e. The average molecular weight is 220 g/mol. The molecule has 1 atom stereocenters. The van der Waals surface area contributed by atoms with Crippen molar-refractivity contribution in [1.29, 1.82) is 0 Å². The van der Waals surface area contributed by atoms with Gasteiger partial charge in [-0.3, -0.25) is 11.3 Å². The molecule has 2 rings (SSSR count). The van der Waals surface area contributed by atoms with Gasteiger partial charge in [0, 0.05) is 18.9 Å². The lowest BCUT2D eigenvalue weighted by Crippen LogP contribution is -2.37. The Morgan fingerprint density at radius 2 is 1.81 bits per heavy atom. The molecule has 2 heterocycles. The molecular weight excluding hydrogens is 204 g/mol. The lowest BCUT2D eigenvalue weighted by molar-refractivity contribution is 0.413. The van der Waals surface area contributed by atoms with Crippen molar-refractivity contribution >= 4 is 0 Å². The number of hydrogen-bond acceptors (Lipinski definition) is 4. The number of furan rings is 2. The fourth-order valence-electron chi connectivity index (χ4n) is 1.69. The van der Waals surface area contributed by atoms with Crippen LogP contribution in [0.5, 0.6) is 0 Å². The molecule has 86 valence electrons. The molecule has 0 saturated heterocycles. The number of nitrogens with two attached hydrogens (primary N) is 1. The zero-order valence-electron chi connectivity index (χ0n) is 9.06. The standard InChI is InChI=1S/C12H16N2O2/c13-14-10(9-12-4-2-8-16-12)5-6-11-3-1-7-15-11/h1-4,7-8,10,14H,5-6,9,13H2. The second kappa shape index (κ2) is 5.53. The van der Waals surface area contributed by atoms with Crippen molar-refractivity contribution in [2.75, 3.05) is 0 Å². The second-order valence-electron chi connectivity index (χ2n) is 3.77. The zero-order chi connectivity index (χ0) is 11.2. The first kappa shape index (κ1) is 11.0. The number of hydrogen-bond donors (Lipinski definition) is 2. The predicted molar refractivity (Wildman–Crippen MR) is 60.6 cm³/mol. The molecule has 0 aliphatic carbocycles. The monoisotopic (exact) mass is 220 g/mol. The Kier molecular flexibility index (Phi) is 3.80. The summed E-state index contributed by atoms with van der Waals surface area (Å²) in [5.41, 5.74) is 2.80. The van der Waals surface area contributed by atoms with Gasteiger partial charge in [0.05, 0.1) is 12.5 Å². The molecule has 3 N–H and O–H groups in total. The van der Waals surface area contributed by atoms with E-state index in [0.29, 0.717) is 0 Å². The zero-order valence-corrected chi connectivity index (χ0v) is 9.06. The average Bonchev–Trinajstić information content (AvgIpc) is 2.97. The van der Waals surface area contributed by atoms with E-state index in [4.69, 9.17) is 14.7 Å². The van der Waals surface area contributed by atoms with Crippen LogP contribution in [-0.2, 0) is 12.8 Å². The van der Waals surface area contributed by atoms with Crippen LogP contribution in [0.2, 0.25) is 0 Å². The highest BCUT2D eigenvalue weighted by atomic mass is 16.3. The van der Waals surface area contributed by atoms with Gasteiger partial charge in [-0.05, 0) is 30.7 Å². The van der Waals surface area contributed by atoms with Crippen LogP contribution >= 0.6 is 0 Å². The van der Waals surface area contributed by atoms with Crippen LogP contribution in [0.4, 0.5) is 0 Å². The van der Waals surface area contributed by atoms with Crippen LogP contribution in [0.25, 0.3) is 0 Å². The number of nitrogens with one attached hydrogen (secondary N) is 1. The largest absolute Gasteiger partial charge is 0.469 e. The number of hydrazine groups is 1. The highest BCUT2D eigenvalue weighted by Gasteiger charge is 2.10. The van der Waals surface area contributed by atoms with Crippen molar-refractivity contribution in [2.45, 2.75) is 25.3 Å². The van der Waals surface area contributed by atoms with Gasteiger partial charge in [-0.2, -0.15) is 0 Å². The van der Waals surface area contributed by atoms with Crippen LogP contribution < -0.4 is 11.3 Å². The van der Waals surface area contributed by atoms with Crippen LogP contribution in [0.1, 0.15) is 17.9 Å². The van der Waals surface area contributed by atoms with Gasteiger partial charge in [-0.15, -0.1) is 0 Å². The van der Waals surface area contributed by atoms with Gasteiger partial charge in [0.2, 0.25) is 0 Å². The Hall–Kier alpha value is -1.52. The Morgan fingerprint density at radius 3 is 2.38 bits per heavy atom. The Morgan fingerprint density at radius 1 is 1.12 bits per heavy atom. The van der Waals surface area contributed by atoms with Crippen molar-refractivity contribution in [3.63, 3.8) is 0 Å². The normalized spacial score (nSPS) is 12.8. The van der Waals surface area contributed by atoms with E-state index in [1.807, 2.05) is 24.3 Å². The van der Waals surface area contributed by atoms with E-state index < -0.39 is 0 Å². The van der Waals surface area contributed by atoms with Crippen molar-refractivity contribution in [3.8, 4) is 0 Å². The minimum absolute atomic E-state index is 0.205. The molecule has 4 heteroatoms. The molecule has 0 spiro atoms. The molecule has 2 aromatic heterocycles. The summed E-state index contributed by atoms with van der Waals surface area (Å²) in [5.74, 6) is 7.44. The van der Waals surface area contributed by atoms with Gasteiger partial charge in [0.15, 0.2) is 0 Å². The summed E-state index contributed by atoms with van der Waals surface area (Å²) in [4.78, 5) is 0. The molecule has 4 nitrogen and oxygen atoms in total.